The molecule has 5 nitrogen and oxygen atoms in total. The summed E-state index contributed by atoms with van der Waals surface area (Å²) in [5, 5.41) is 2.94. The maximum atomic E-state index is 13.3. The van der Waals surface area contributed by atoms with Crippen molar-refractivity contribution < 1.29 is 22.7 Å². The minimum absolute atomic E-state index is 0.120. The van der Waals surface area contributed by atoms with E-state index in [9.17, 15) is 18.0 Å². The molecule has 0 spiro atoms. The Morgan fingerprint density at radius 3 is 2.31 bits per heavy atom. The lowest BCUT2D eigenvalue weighted by Crippen LogP contribution is -2.50. The molecule has 8 heteroatoms. The van der Waals surface area contributed by atoms with Crippen LogP contribution in [0.25, 0.3) is 0 Å². The first-order valence-electron chi connectivity index (χ1n) is 12.0. The topological polar surface area (TPSA) is 44.8 Å². The first-order valence-corrected chi connectivity index (χ1v) is 12.0. The molecule has 0 aromatic heterocycles. The van der Waals surface area contributed by atoms with E-state index in [1.54, 1.807) is 11.0 Å². The third-order valence-corrected chi connectivity index (χ3v) is 6.24. The second-order valence-corrected chi connectivity index (χ2v) is 8.91. The van der Waals surface area contributed by atoms with Gasteiger partial charge in [0.25, 0.3) is 0 Å². The number of rotatable bonds is 7. The van der Waals surface area contributed by atoms with Gasteiger partial charge in [-0.25, -0.2) is 4.79 Å². The Morgan fingerprint density at radius 2 is 1.61 bits per heavy atom. The van der Waals surface area contributed by atoms with E-state index in [0.717, 1.165) is 28.9 Å². The molecule has 1 aliphatic rings. The van der Waals surface area contributed by atoms with Crippen molar-refractivity contribution in [3.8, 4) is 0 Å². The van der Waals surface area contributed by atoms with Gasteiger partial charge in [-0.1, -0.05) is 54.6 Å². The molecule has 1 fully saturated rings. The van der Waals surface area contributed by atoms with E-state index >= 15 is 0 Å². The van der Waals surface area contributed by atoms with Crippen molar-refractivity contribution in [2.45, 2.75) is 19.2 Å². The number of hydrogen-bond acceptors (Lipinski definition) is 3. The van der Waals surface area contributed by atoms with E-state index in [4.69, 9.17) is 4.74 Å². The van der Waals surface area contributed by atoms with Gasteiger partial charge in [0.05, 0.1) is 12.2 Å². The number of nitrogens with zero attached hydrogens (tertiary/aromatic N) is 2. The summed E-state index contributed by atoms with van der Waals surface area (Å²) < 4.78 is 46.0. The van der Waals surface area contributed by atoms with Gasteiger partial charge in [-0.05, 0) is 47.9 Å². The Morgan fingerprint density at radius 1 is 0.917 bits per heavy atom. The molecule has 1 heterocycles. The lowest BCUT2D eigenvalue weighted by atomic mass is 9.99. The van der Waals surface area contributed by atoms with Crippen LogP contribution >= 0.6 is 0 Å². The SMILES string of the molecule is Cc1cccc(NC(=O)N2CCN(CCOC(c3ccccc3)c3cccc(C(F)(F)F)c3)CC2)c1. The Labute approximate surface area is 209 Å². The summed E-state index contributed by atoms with van der Waals surface area (Å²) in [6.07, 6.45) is -5.02. The normalized spacial score (nSPS) is 15.5. The average molecular weight is 498 g/mol. The molecule has 0 aliphatic carbocycles. The molecule has 1 aliphatic heterocycles. The molecule has 0 saturated carbocycles. The lowest BCUT2D eigenvalue weighted by Gasteiger charge is -2.35. The monoisotopic (exact) mass is 497 g/mol. The zero-order chi connectivity index (χ0) is 25.5. The number of piperazine rings is 1. The Kier molecular flexibility index (Phi) is 8.28. The van der Waals surface area contributed by atoms with Gasteiger partial charge < -0.3 is 15.0 Å². The maximum absolute atomic E-state index is 13.3. The number of urea groups is 1. The smallest absolute Gasteiger partial charge is 0.367 e. The van der Waals surface area contributed by atoms with Crippen molar-refractivity contribution in [1.29, 1.82) is 0 Å². The van der Waals surface area contributed by atoms with E-state index < -0.39 is 17.8 Å². The van der Waals surface area contributed by atoms with Gasteiger partial charge >= 0.3 is 12.2 Å². The van der Waals surface area contributed by atoms with Crippen LogP contribution in [0.3, 0.4) is 0 Å². The van der Waals surface area contributed by atoms with Gasteiger partial charge in [0.1, 0.15) is 6.10 Å². The van der Waals surface area contributed by atoms with Crippen molar-refractivity contribution in [2.24, 2.45) is 0 Å². The fraction of sp³-hybridized carbons (Fsp3) is 0.321. The van der Waals surface area contributed by atoms with Crippen LogP contribution in [0.4, 0.5) is 23.7 Å². The van der Waals surface area contributed by atoms with Crippen molar-refractivity contribution in [3.05, 3.63) is 101 Å². The van der Waals surface area contributed by atoms with Crippen LogP contribution in [-0.4, -0.2) is 55.2 Å². The third kappa shape index (κ3) is 6.86. The first-order chi connectivity index (χ1) is 17.3. The van der Waals surface area contributed by atoms with Crippen LogP contribution in [0, 0.1) is 6.92 Å². The highest BCUT2D eigenvalue weighted by atomic mass is 19.4. The largest absolute Gasteiger partial charge is 0.416 e. The number of aryl methyl sites for hydroxylation is 1. The van der Waals surface area contributed by atoms with E-state index in [1.165, 1.54) is 6.07 Å². The maximum Gasteiger partial charge on any atom is 0.416 e. The highest BCUT2D eigenvalue weighted by Gasteiger charge is 2.31. The van der Waals surface area contributed by atoms with Gasteiger partial charge in [-0.2, -0.15) is 13.2 Å². The molecule has 4 rings (SSSR count). The molecule has 36 heavy (non-hydrogen) atoms. The van der Waals surface area contributed by atoms with Crippen molar-refractivity contribution in [2.75, 3.05) is 44.6 Å². The molecular formula is C28H30F3N3O2. The number of amides is 2. The summed E-state index contributed by atoms with van der Waals surface area (Å²) in [6.45, 7) is 5.53. The van der Waals surface area contributed by atoms with Crippen molar-refractivity contribution in [3.63, 3.8) is 0 Å². The third-order valence-electron chi connectivity index (χ3n) is 6.24. The molecule has 3 aromatic rings. The van der Waals surface area contributed by atoms with E-state index in [0.29, 0.717) is 44.9 Å². The molecule has 0 bridgehead atoms. The lowest BCUT2D eigenvalue weighted by molar-refractivity contribution is -0.137. The van der Waals surface area contributed by atoms with Crippen LogP contribution in [0.2, 0.25) is 0 Å². The summed E-state index contributed by atoms with van der Waals surface area (Å²) in [5.74, 6) is 0. The predicted molar refractivity (Wildman–Crippen MR) is 134 cm³/mol. The van der Waals surface area contributed by atoms with Crippen LogP contribution < -0.4 is 5.32 Å². The standard InChI is InChI=1S/C28H30F3N3O2/c1-21-7-5-12-25(19-21)32-27(35)34-15-13-33(14-16-34)17-18-36-26(22-8-3-2-4-9-22)23-10-6-11-24(20-23)28(29,30)31/h2-12,19-20,26H,13-18H2,1H3,(H,32,35). The molecule has 0 radical (unpaired) electrons. The summed E-state index contributed by atoms with van der Waals surface area (Å²) in [4.78, 5) is 16.6. The van der Waals surface area contributed by atoms with Gasteiger partial charge in [0.15, 0.2) is 0 Å². The zero-order valence-electron chi connectivity index (χ0n) is 20.2. The molecule has 1 N–H and O–H groups in total. The number of halogens is 3. The van der Waals surface area contributed by atoms with Gasteiger partial charge in [-0.15, -0.1) is 0 Å². The number of ether oxygens (including phenoxy) is 1. The highest BCUT2D eigenvalue weighted by molar-refractivity contribution is 5.89. The van der Waals surface area contributed by atoms with Crippen molar-refractivity contribution in [1.82, 2.24) is 9.80 Å². The second-order valence-electron chi connectivity index (χ2n) is 8.91. The minimum Gasteiger partial charge on any atom is -0.367 e. The summed E-state index contributed by atoms with van der Waals surface area (Å²) in [7, 11) is 0. The summed E-state index contributed by atoms with van der Waals surface area (Å²) in [5.41, 5.74) is 2.43. The number of nitrogens with one attached hydrogen (secondary N) is 1. The average Bonchev–Trinajstić information content (AvgIpc) is 2.87. The summed E-state index contributed by atoms with van der Waals surface area (Å²) in [6, 6.07) is 22.1. The highest BCUT2D eigenvalue weighted by Crippen LogP contribution is 2.33. The number of hydrogen-bond donors (Lipinski definition) is 1. The van der Waals surface area contributed by atoms with Crippen LogP contribution in [0.15, 0.2) is 78.9 Å². The summed E-state index contributed by atoms with van der Waals surface area (Å²) >= 11 is 0. The van der Waals surface area contributed by atoms with E-state index in [-0.39, 0.29) is 6.03 Å². The zero-order valence-corrected chi connectivity index (χ0v) is 20.2. The Bertz CT molecular complexity index is 1150. The minimum atomic E-state index is -4.41. The van der Waals surface area contributed by atoms with Gasteiger partial charge in [0.2, 0.25) is 0 Å². The Hall–Kier alpha value is -3.36. The Balaban J connectivity index is 1.32. The number of benzene rings is 3. The molecule has 3 aromatic carbocycles. The van der Waals surface area contributed by atoms with E-state index in [1.807, 2.05) is 61.5 Å². The van der Waals surface area contributed by atoms with Crippen LogP contribution in [0.5, 0.6) is 0 Å². The number of alkyl halides is 3. The molecule has 1 atom stereocenters. The van der Waals surface area contributed by atoms with Crippen molar-refractivity contribution >= 4 is 11.7 Å². The predicted octanol–water partition coefficient (Wildman–Crippen LogP) is 5.97. The number of carbonyl (C=O) groups is 1. The molecule has 1 saturated heterocycles. The number of carbonyl (C=O) groups excluding carboxylic acids is 1. The number of anilines is 1. The van der Waals surface area contributed by atoms with Gasteiger partial charge in [0, 0.05) is 38.4 Å². The van der Waals surface area contributed by atoms with E-state index in [2.05, 4.69) is 10.2 Å². The fourth-order valence-electron chi connectivity index (χ4n) is 4.29. The molecule has 2 amide bonds. The van der Waals surface area contributed by atoms with Crippen LogP contribution in [-0.2, 0) is 10.9 Å². The van der Waals surface area contributed by atoms with Gasteiger partial charge in [-0.3, -0.25) is 4.90 Å². The first kappa shape index (κ1) is 25.7. The fourth-order valence-corrected chi connectivity index (χ4v) is 4.29. The van der Waals surface area contributed by atoms with Crippen LogP contribution in [0.1, 0.15) is 28.4 Å². The molecule has 1 unspecified atom stereocenters. The quantitative estimate of drug-likeness (QED) is 0.438. The molecular weight excluding hydrogens is 467 g/mol. The molecule has 190 valence electrons. The second kappa shape index (κ2) is 11.6.